The minimum atomic E-state index is -0.147. The summed E-state index contributed by atoms with van der Waals surface area (Å²) in [6.45, 7) is 9.03. The van der Waals surface area contributed by atoms with Crippen molar-refractivity contribution in [3.8, 4) is 0 Å². The lowest BCUT2D eigenvalue weighted by atomic mass is 9.94. The van der Waals surface area contributed by atoms with Gasteiger partial charge in [-0.05, 0) is 25.7 Å². The first-order valence-electron chi connectivity index (χ1n) is 19.9. The highest BCUT2D eigenvalue weighted by molar-refractivity contribution is 4.82. The van der Waals surface area contributed by atoms with Gasteiger partial charge in [0.25, 0.3) is 0 Å². The van der Waals surface area contributed by atoms with Crippen molar-refractivity contribution in [2.45, 2.75) is 199 Å². The van der Waals surface area contributed by atoms with Crippen molar-refractivity contribution in [3.63, 3.8) is 0 Å². The summed E-state index contributed by atoms with van der Waals surface area (Å²) < 4.78 is 18.5. The quantitative estimate of drug-likeness (QED) is 0.0507. The van der Waals surface area contributed by atoms with Crippen LogP contribution in [-0.4, -0.2) is 71.3 Å². The zero-order valence-corrected chi connectivity index (χ0v) is 31.5. The number of unbranched alkanes of at least 4 members (excludes halogenated alkanes) is 26. The third kappa shape index (κ3) is 23.2. The molecule has 0 N–H and O–H groups in total. The number of nitrogens with zero attached hydrogens (tertiary/aromatic N) is 1. The molecule has 0 aliphatic carbocycles. The number of quaternary nitrogens is 1. The van der Waals surface area contributed by atoms with Gasteiger partial charge >= 0.3 is 0 Å². The van der Waals surface area contributed by atoms with E-state index in [2.05, 4.69) is 20.9 Å². The predicted octanol–water partition coefficient (Wildman–Crippen LogP) is 12.1. The molecule has 4 nitrogen and oxygen atoms in total. The van der Waals surface area contributed by atoms with Crippen molar-refractivity contribution in [1.29, 1.82) is 0 Å². The van der Waals surface area contributed by atoms with Crippen LogP contribution >= 0.6 is 0 Å². The average molecular weight is 627 g/mol. The first kappa shape index (κ1) is 43.8. The maximum Gasteiger partial charge on any atom is 0.169 e. The summed E-state index contributed by atoms with van der Waals surface area (Å²) in [7, 11) is 7.97. The molecule has 0 rings (SSSR count). The predicted molar refractivity (Wildman–Crippen MR) is 195 cm³/mol. The van der Waals surface area contributed by atoms with E-state index in [0.29, 0.717) is 19.8 Å². The monoisotopic (exact) mass is 627 g/mol. The third-order valence-corrected chi connectivity index (χ3v) is 10.4. The molecule has 4 heteroatoms. The van der Waals surface area contributed by atoms with E-state index in [-0.39, 0.29) is 5.54 Å². The average Bonchev–Trinajstić information content (AvgIpc) is 3.01. The van der Waals surface area contributed by atoms with Crippen LogP contribution in [0.1, 0.15) is 194 Å². The van der Waals surface area contributed by atoms with E-state index in [4.69, 9.17) is 14.2 Å². The molecule has 0 fully saturated rings. The van der Waals surface area contributed by atoms with Crippen LogP contribution in [-0.2, 0) is 14.2 Å². The minimum Gasteiger partial charge on any atom is -0.378 e. The molecule has 266 valence electrons. The van der Waals surface area contributed by atoms with Gasteiger partial charge in [0.2, 0.25) is 0 Å². The van der Waals surface area contributed by atoms with Crippen molar-refractivity contribution in [2.75, 3.05) is 61.3 Å². The molecule has 0 saturated heterocycles. The van der Waals surface area contributed by atoms with E-state index in [1.54, 1.807) is 0 Å². The highest BCUT2D eigenvalue weighted by Gasteiger charge is 2.48. The van der Waals surface area contributed by atoms with Crippen molar-refractivity contribution < 1.29 is 18.7 Å². The summed E-state index contributed by atoms with van der Waals surface area (Å²) >= 11 is 0. The molecule has 0 radical (unpaired) electrons. The Kier molecular flexibility index (Phi) is 32.6. The fourth-order valence-electron chi connectivity index (χ4n) is 7.30. The van der Waals surface area contributed by atoms with Gasteiger partial charge < -0.3 is 18.7 Å². The standard InChI is InChI=1S/C40H84NO3/c1-7-9-11-13-15-17-19-21-23-25-27-29-31-33-35-41(3,40(37-42-4,38-43-5)39-44-6)36-34-32-30-28-26-24-22-20-18-16-14-12-10-8-2/h7-39H2,1-6H3/q+1. The van der Waals surface area contributed by atoms with Crippen LogP contribution in [0.15, 0.2) is 0 Å². The number of hydrogen-bond donors (Lipinski definition) is 0. The van der Waals surface area contributed by atoms with Crippen molar-refractivity contribution in [3.05, 3.63) is 0 Å². The lowest BCUT2D eigenvalue weighted by Gasteiger charge is -2.50. The summed E-state index contributed by atoms with van der Waals surface area (Å²) in [4.78, 5) is 0. The number of rotatable bonds is 37. The summed E-state index contributed by atoms with van der Waals surface area (Å²) in [5.74, 6) is 0. The molecule has 0 atom stereocenters. The van der Waals surface area contributed by atoms with Gasteiger partial charge in [-0.15, -0.1) is 0 Å². The molecule has 0 saturated carbocycles. The molecule has 0 unspecified atom stereocenters. The minimum absolute atomic E-state index is 0.147. The van der Waals surface area contributed by atoms with Crippen molar-refractivity contribution in [1.82, 2.24) is 0 Å². The van der Waals surface area contributed by atoms with Crippen LogP contribution in [0, 0.1) is 0 Å². The summed E-state index contributed by atoms with van der Waals surface area (Å²) in [6, 6.07) is 0. The lowest BCUT2D eigenvalue weighted by Crippen LogP contribution is -2.69. The van der Waals surface area contributed by atoms with Crippen LogP contribution in [0.4, 0.5) is 0 Å². The Labute approximate surface area is 278 Å². The molecule has 0 bridgehead atoms. The van der Waals surface area contributed by atoms with E-state index >= 15 is 0 Å². The number of methoxy groups -OCH3 is 3. The second-order valence-electron chi connectivity index (χ2n) is 14.6. The fourth-order valence-corrected chi connectivity index (χ4v) is 7.30. The Morgan fingerprint density at radius 3 is 0.750 bits per heavy atom. The molecule has 0 heterocycles. The van der Waals surface area contributed by atoms with Gasteiger partial charge in [-0.2, -0.15) is 0 Å². The summed E-state index contributed by atoms with van der Waals surface area (Å²) in [5, 5.41) is 0. The molecular weight excluding hydrogens is 542 g/mol. The van der Waals surface area contributed by atoms with Gasteiger partial charge in [-0.3, -0.25) is 0 Å². The Balaban J connectivity index is 4.40. The van der Waals surface area contributed by atoms with Crippen LogP contribution in [0.2, 0.25) is 0 Å². The van der Waals surface area contributed by atoms with Crippen LogP contribution in [0.3, 0.4) is 0 Å². The molecule has 0 aromatic carbocycles. The Hall–Kier alpha value is -0.160. The summed E-state index contributed by atoms with van der Waals surface area (Å²) in [6.07, 6.45) is 39.4. The Bertz CT molecular complexity index is 506. The van der Waals surface area contributed by atoms with Crippen LogP contribution in [0.5, 0.6) is 0 Å². The molecule has 0 aromatic rings. The van der Waals surface area contributed by atoms with Crippen LogP contribution in [0.25, 0.3) is 0 Å². The normalized spacial score (nSPS) is 12.4. The second kappa shape index (κ2) is 32.8. The number of ether oxygens (including phenoxy) is 3. The molecule has 0 aliphatic rings. The van der Waals surface area contributed by atoms with E-state index in [0.717, 1.165) is 4.48 Å². The Morgan fingerprint density at radius 2 is 0.545 bits per heavy atom. The summed E-state index contributed by atoms with van der Waals surface area (Å²) in [5.41, 5.74) is -0.147. The SMILES string of the molecule is CCCCCCCCCCCCCCCC[N+](C)(CCCCCCCCCCCCCCCC)C(COC)(COC)COC. The molecule has 44 heavy (non-hydrogen) atoms. The molecule has 0 amide bonds. The van der Waals surface area contributed by atoms with Gasteiger partial charge in [0.15, 0.2) is 5.54 Å². The first-order chi connectivity index (χ1) is 21.6. The zero-order chi connectivity index (χ0) is 32.5. The van der Waals surface area contributed by atoms with Crippen molar-refractivity contribution in [2.24, 2.45) is 0 Å². The van der Waals surface area contributed by atoms with Gasteiger partial charge in [0, 0.05) is 21.3 Å². The van der Waals surface area contributed by atoms with Crippen LogP contribution < -0.4 is 0 Å². The highest BCUT2D eigenvalue weighted by atomic mass is 16.5. The number of likely N-dealkylation sites (N-methyl/N-ethyl adjacent to an activating group) is 1. The topological polar surface area (TPSA) is 27.7 Å². The van der Waals surface area contributed by atoms with Gasteiger partial charge in [-0.25, -0.2) is 0 Å². The molecule has 0 spiro atoms. The van der Waals surface area contributed by atoms with E-state index in [9.17, 15) is 0 Å². The third-order valence-electron chi connectivity index (χ3n) is 10.4. The first-order valence-corrected chi connectivity index (χ1v) is 19.9. The van der Waals surface area contributed by atoms with Crippen molar-refractivity contribution >= 4 is 0 Å². The van der Waals surface area contributed by atoms with E-state index in [1.807, 2.05) is 21.3 Å². The van der Waals surface area contributed by atoms with E-state index < -0.39 is 0 Å². The lowest BCUT2D eigenvalue weighted by molar-refractivity contribution is -0.961. The molecule has 0 aliphatic heterocycles. The van der Waals surface area contributed by atoms with Gasteiger partial charge in [0.05, 0.1) is 20.1 Å². The highest BCUT2D eigenvalue weighted by Crippen LogP contribution is 2.28. The smallest absolute Gasteiger partial charge is 0.169 e. The number of hydrogen-bond acceptors (Lipinski definition) is 3. The van der Waals surface area contributed by atoms with Gasteiger partial charge in [0.1, 0.15) is 19.8 Å². The van der Waals surface area contributed by atoms with Gasteiger partial charge in [-0.1, -0.05) is 168 Å². The molecular formula is C40H84NO3+. The zero-order valence-electron chi connectivity index (χ0n) is 31.5. The van der Waals surface area contributed by atoms with E-state index in [1.165, 1.54) is 193 Å². The fraction of sp³-hybridized carbons (Fsp3) is 1.00. The Morgan fingerprint density at radius 1 is 0.341 bits per heavy atom. The maximum atomic E-state index is 5.83. The second-order valence-corrected chi connectivity index (χ2v) is 14.6. The molecule has 0 aromatic heterocycles. The maximum absolute atomic E-state index is 5.83. The largest absolute Gasteiger partial charge is 0.378 e.